The quantitative estimate of drug-likeness (QED) is 0.137. The van der Waals surface area contributed by atoms with Gasteiger partial charge in [-0.1, -0.05) is 125 Å². The van der Waals surface area contributed by atoms with E-state index >= 15 is 0 Å². The highest BCUT2D eigenvalue weighted by molar-refractivity contribution is 7.82. The Balaban J connectivity index is 2.15. The Morgan fingerprint density at radius 2 is 1.20 bits per heavy atom. The zero-order valence-electron chi connectivity index (χ0n) is 21.0. The molecule has 0 fully saturated rings. The van der Waals surface area contributed by atoms with Crippen LogP contribution < -0.4 is 4.74 Å². The molecule has 0 bridgehead atoms. The van der Waals surface area contributed by atoms with Gasteiger partial charge in [0.15, 0.2) is 0 Å². The molecule has 0 amide bonds. The SMILES string of the molecule is CCCCCCCCC[C@@](S)(C(=O)O)C(c1ccccc1)(c1ccccc1)c1ccc(OC)cc1. The highest BCUT2D eigenvalue weighted by Crippen LogP contribution is 2.53. The van der Waals surface area contributed by atoms with Crippen LogP contribution in [-0.2, 0) is 10.2 Å². The third kappa shape index (κ3) is 5.75. The lowest BCUT2D eigenvalue weighted by Gasteiger charge is -2.47. The molecule has 3 rings (SSSR count). The maximum atomic E-state index is 13.2. The molecule has 0 aliphatic carbocycles. The van der Waals surface area contributed by atoms with Crippen LogP contribution in [0.4, 0.5) is 0 Å². The van der Waals surface area contributed by atoms with Gasteiger partial charge in [-0.3, -0.25) is 4.79 Å². The second-order valence-electron chi connectivity index (χ2n) is 9.25. The summed E-state index contributed by atoms with van der Waals surface area (Å²) in [7, 11) is 1.64. The minimum absolute atomic E-state index is 0.453. The maximum Gasteiger partial charge on any atom is 0.321 e. The number of carboxylic acids is 1. The van der Waals surface area contributed by atoms with Crippen LogP contribution in [0.3, 0.4) is 0 Å². The number of carboxylic acid groups (broad SMARTS) is 1. The molecule has 186 valence electrons. The van der Waals surface area contributed by atoms with E-state index in [1.165, 1.54) is 25.7 Å². The molecule has 0 saturated carbocycles. The van der Waals surface area contributed by atoms with Crippen LogP contribution in [0.5, 0.6) is 5.75 Å². The summed E-state index contributed by atoms with van der Waals surface area (Å²) >= 11 is 5.10. The number of carbonyl (C=O) groups is 1. The van der Waals surface area contributed by atoms with E-state index in [4.69, 9.17) is 17.4 Å². The van der Waals surface area contributed by atoms with Gasteiger partial charge in [-0.05, 0) is 35.2 Å². The molecular weight excluding hydrogens is 452 g/mol. The number of methoxy groups -OCH3 is 1. The van der Waals surface area contributed by atoms with Gasteiger partial charge in [0.2, 0.25) is 0 Å². The van der Waals surface area contributed by atoms with Gasteiger partial charge in [0, 0.05) is 0 Å². The van der Waals surface area contributed by atoms with E-state index in [1.54, 1.807) is 7.11 Å². The van der Waals surface area contributed by atoms with E-state index in [-0.39, 0.29) is 0 Å². The summed E-state index contributed by atoms with van der Waals surface area (Å²) in [5, 5.41) is 10.8. The van der Waals surface area contributed by atoms with Gasteiger partial charge in [0.05, 0.1) is 12.5 Å². The Morgan fingerprint density at radius 1 is 0.743 bits per heavy atom. The van der Waals surface area contributed by atoms with E-state index < -0.39 is 16.1 Å². The predicted molar refractivity (Wildman–Crippen MR) is 148 cm³/mol. The molecule has 0 aliphatic rings. The van der Waals surface area contributed by atoms with Crippen LogP contribution >= 0.6 is 12.6 Å². The minimum Gasteiger partial charge on any atom is -0.497 e. The molecule has 0 spiro atoms. The Kier molecular flexibility index (Phi) is 9.85. The van der Waals surface area contributed by atoms with Gasteiger partial charge in [-0.25, -0.2) is 0 Å². The van der Waals surface area contributed by atoms with Crippen LogP contribution in [0.1, 0.15) is 75.0 Å². The number of thiol groups is 1. The van der Waals surface area contributed by atoms with E-state index in [0.717, 1.165) is 41.7 Å². The maximum absolute atomic E-state index is 13.2. The molecule has 0 heterocycles. The highest BCUT2D eigenvalue weighted by atomic mass is 32.1. The predicted octanol–water partition coefficient (Wildman–Crippen LogP) is 7.92. The van der Waals surface area contributed by atoms with Gasteiger partial charge >= 0.3 is 5.97 Å². The van der Waals surface area contributed by atoms with Gasteiger partial charge in [-0.15, -0.1) is 0 Å². The third-order valence-electron chi connectivity index (χ3n) is 7.05. The number of aliphatic carboxylic acids is 1. The van der Waals surface area contributed by atoms with Crippen molar-refractivity contribution in [3.63, 3.8) is 0 Å². The Hall–Kier alpha value is -2.72. The van der Waals surface area contributed by atoms with E-state index in [2.05, 4.69) is 6.92 Å². The molecule has 35 heavy (non-hydrogen) atoms. The van der Waals surface area contributed by atoms with Crippen molar-refractivity contribution >= 4 is 18.6 Å². The fraction of sp³-hybridized carbons (Fsp3) is 0.387. The Bertz CT molecular complexity index is 994. The summed E-state index contributed by atoms with van der Waals surface area (Å²) in [6.07, 6.45) is 8.30. The molecule has 3 aromatic carbocycles. The normalized spacial score (nSPS) is 13.2. The van der Waals surface area contributed by atoms with Crippen molar-refractivity contribution in [1.82, 2.24) is 0 Å². The van der Waals surface area contributed by atoms with Crippen molar-refractivity contribution in [3.8, 4) is 5.75 Å². The molecule has 0 aliphatic heterocycles. The number of benzene rings is 3. The fourth-order valence-corrected chi connectivity index (χ4v) is 5.77. The first kappa shape index (κ1) is 26.9. The molecule has 3 nitrogen and oxygen atoms in total. The highest BCUT2D eigenvalue weighted by Gasteiger charge is 2.57. The molecule has 0 unspecified atom stereocenters. The van der Waals surface area contributed by atoms with E-state index in [1.807, 2.05) is 84.9 Å². The number of hydrogen-bond donors (Lipinski definition) is 2. The largest absolute Gasteiger partial charge is 0.497 e. The van der Waals surface area contributed by atoms with Crippen molar-refractivity contribution in [3.05, 3.63) is 102 Å². The Labute approximate surface area is 216 Å². The van der Waals surface area contributed by atoms with Crippen molar-refractivity contribution in [2.75, 3.05) is 7.11 Å². The molecule has 0 aromatic heterocycles. The van der Waals surface area contributed by atoms with Crippen LogP contribution in [0.2, 0.25) is 0 Å². The topological polar surface area (TPSA) is 46.5 Å². The summed E-state index contributed by atoms with van der Waals surface area (Å²) in [5.74, 6) is -0.175. The summed E-state index contributed by atoms with van der Waals surface area (Å²) < 4.78 is 4.04. The minimum atomic E-state index is -1.37. The fourth-order valence-electron chi connectivity index (χ4n) is 5.23. The number of unbranched alkanes of at least 4 members (excludes halogenated alkanes) is 6. The molecular formula is C31H38O3S. The van der Waals surface area contributed by atoms with Crippen LogP contribution in [0.15, 0.2) is 84.9 Å². The first-order chi connectivity index (χ1) is 17.0. The Morgan fingerprint density at radius 3 is 1.66 bits per heavy atom. The second kappa shape index (κ2) is 12.8. The molecule has 0 saturated heterocycles. The van der Waals surface area contributed by atoms with Gasteiger partial charge in [0.25, 0.3) is 0 Å². The third-order valence-corrected chi connectivity index (χ3v) is 7.80. The van der Waals surface area contributed by atoms with Crippen molar-refractivity contribution in [1.29, 1.82) is 0 Å². The summed E-state index contributed by atoms with van der Waals surface area (Å²) in [6, 6.07) is 27.7. The average molecular weight is 491 g/mol. The van der Waals surface area contributed by atoms with E-state index in [9.17, 15) is 9.90 Å². The average Bonchev–Trinajstić information content (AvgIpc) is 2.90. The number of ether oxygens (including phenoxy) is 1. The van der Waals surface area contributed by atoms with Crippen molar-refractivity contribution in [2.24, 2.45) is 0 Å². The first-order valence-corrected chi connectivity index (χ1v) is 13.2. The summed E-state index contributed by atoms with van der Waals surface area (Å²) in [4.78, 5) is 13.2. The second-order valence-corrected chi connectivity index (χ2v) is 10.0. The summed E-state index contributed by atoms with van der Waals surface area (Å²) in [5.41, 5.74) is 1.71. The van der Waals surface area contributed by atoms with Gasteiger partial charge in [-0.2, -0.15) is 12.6 Å². The van der Waals surface area contributed by atoms with Gasteiger partial charge < -0.3 is 9.84 Å². The lowest BCUT2D eigenvalue weighted by atomic mass is 9.60. The monoisotopic (exact) mass is 490 g/mol. The lowest BCUT2D eigenvalue weighted by Crippen LogP contribution is -2.54. The van der Waals surface area contributed by atoms with Crippen LogP contribution in [-0.4, -0.2) is 22.9 Å². The molecule has 4 heteroatoms. The zero-order chi connectivity index (χ0) is 25.2. The smallest absolute Gasteiger partial charge is 0.321 e. The molecule has 1 atom stereocenters. The zero-order valence-corrected chi connectivity index (χ0v) is 21.8. The van der Waals surface area contributed by atoms with Crippen LogP contribution in [0.25, 0.3) is 0 Å². The standard InChI is InChI=1S/C31H38O3S/c1-3-4-5-6-7-8-15-24-30(35,29(32)33)31(25-16-11-9-12-17-25,26-18-13-10-14-19-26)27-20-22-28(34-2)23-21-27/h9-14,16-23,35H,3-8,15,24H2,1-2H3,(H,32,33)/t30-/m1/s1. The molecule has 1 N–H and O–H groups in total. The number of hydrogen-bond acceptors (Lipinski definition) is 3. The first-order valence-electron chi connectivity index (χ1n) is 12.7. The molecule has 3 aromatic rings. The lowest BCUT2D eigenvalue weighted by molar-refractivity contribution is -0.141. The van der Waals surface area contributed by atoms with Crippen LogP contribution in [0, 0.1) is 0 Å². The van der Waals surface area contributed by atoms with Gasteiger partial charge in [0.1, 0.15) is 10.5 Å². The van der Waals surface area contributed by atoms with E-state index in [0.29, 0.717) is 6.42 Å². The van der Waals surface area contributed by atoms with Crippen molar-refractivity contribution in [2.45, 2.75) is 68.5 Å². The van der Waals surface area contributed by atoms with Crippen molar-refractivity contribution < 1.29 is 14.6 Å². The number of rotatable bonds is 14. The molecule has 0 radical (unpaired) electrons. The summed E-state index contributed by atoms with van der Waals surface area (Å²) in [6.45, 7) is 2.22.